The average molecular weight is 476 g/mol. The average Bonchev–Trinajstić information content (AvgIpc) is 2.78. The van der Waals surface area contributed by atoms with Crippen molar-refractivity contribution in [3.05, 3.63) is 73.9 Å². The minimum atomic E-state index is -3.22. The standard InChI is InChI=1S/C20H18ClN5O5S/c1-32(31,20-5-3-15(25(27)28)13-19(20)26(29)30)24-10-8-23(9-11-24)18-6-7-22-17-12-14(21)2-4-16(17)18/h2-7,12-13H,1,8-11H2. The van der Waals surface area contributed by atoms with Gasteiger partial charge in [-0.3, -0.25) is 25.2 Å². The Morgan fingerprint density at radius 2 is 1.72 bits per heavy atom. The summed E-state index contributed by atoms with van der Waals surface area (Å²) in [6.07, 6.45) is 1.70. The third-order valence-electron chi connectivity index (χ3n) is 5.37. The number of piperazine rings is 1. The van der Waals surface area contributed by atoms with Gasteiger partial charge in [-0.2, -0.15) is 0 Å². The first-order valence-corrected chi connectivity index (χ1v) is 11.6. The SMILES string of the molecule is C=S(=O)(c1ccc([N+](=O)[O-])cc1[N+](=O)[O-])N1CCN(c2ccnc3cc(Cl)ccc23)CC1. The highest BCUT2D eigenvalue weighted by Crippen LogP contribution is 2.32. The Bertz CT molecular complexity index is 1340. The normalized spacial score (nSPS) is 16.6. The molecule has 2 aromatic carbocycles. The van der Waals surface area contributed by atoms with Crippen molar-refractivity contribution in [2.24, 2.45) is 0 Å². The lowest BCUT2D eigenvalue weighted by Gasteiger charge is -2.37. The van der Waals surface area contributed by atoms with Crippen molar-refractivity contribution in [2.45, 2.75) is 4.90 Å². The number of anilines is 1. The van der Waals surface area contributed by atoms with Gasteiger partial charge in [0.1, 0.15) is 4.90 Å². The smallest absolute Gasteiger partial charge is 0.293 e. The Balaban J connectivity index is 1.60. The summed E-state index contributed by atoms with van der Waals surface area (Å²) in [5, 5.41) is 24.0. The molecule has 0 bridgehead atoms. The first-order valence-electron chi connectivity index (χ1n) is 9.53. The van der Waals surface area contributed by atoms with Crippen molar-refractivity contribution in [1.29, 1.82) is 0 Å². The molecule has 3 aromatic rings. The van der Waals surface area contributed by atoms with E-state index in [1.165, 1.54) is 0 Å². The summed E-state index contributed by atoms with van der Waals surface area (Å²) in [5.41, 5.74) is 0.715. The molecule has 1 aromatic heterocycles. The number of hydrogen-bond acceptors (Lipinski definition) is 7. The Morgan fingerprint density at radius 1 is 1.00 bits per heavy atom. The molecule has 1 saturated heterocycles. The minimum absolute atomic E-state index is 0.120. The lowest BCUT2D eigenvalue weighted by Crippen LogP contribution is -2.48. The van der Waals surface area contributed by atoms with Crippen molar-refractivity contribution in [2.75, 3.05) is 31.1 Å². The Labute approximate surface area is 188 Å². The highest BCUT2D eigenvalue weighted by Gasteiger charge is 2.31. The van der Waals surface area contributed by atoms with E-state index in [0.717, 1.165) is 34.8 Å². The summed E-state index contributed by atoms with van der Waals surface area (Å²) in [6.45, 7) is 1.70. The second-order valence-electron chi connectivity index (χ2n) is 7.21. The van der Waals surface area contributed by atoms with Gasteiger partial charge in [-0.05, 0) is 36.2 Å². The van der Waals surface area contributed by atoms with E-state index >= 15 is 0 Å². The molecule has 1 aliphatic heterocycles. The van der Waals surface area contributed by atoms with E-state index in [2.05, 4.69) is 15.8 Å². The zero-order chi connectivity index (χ0) is 23.0. The molecule has 1 atom stereocenters. The number of pyridine rings is 1. The van der Waals surface area contributed by atoms with Crippen LogP contribution in [0.2, 0.25) is 5.02 Å². The minimum Gasteiger partial charge on any atom is -0.368 e. The molecule has 0 radical (unpaired) electrons. The third kappa shape index (κ3) is 3.97. The van der Waals surface area contributed by atoms with Gasteiger partial charge in [-0.25, -0.2) is 8.51 Å². The van der Waals surface area contributed by atoms with Gasteiger partial charge in [0.15, 0.2) is 0 Å². The van der Waals surface area contributed by atoms with E-state index in [4.69, 9.17) is 11.6 Å². The molecule has 10 nitrogen and oxygen atoms in total. The molecular formula is C20H18ClN5O5S. The number of fused-ring (bicyclic) bond motifs is 1. The Morgan fingerprint density at radius 3 is 2.38 bits per heavy atom. The van der Waals surface area contributed by atoms with Crippen molar-refractivity contribution >= 4 is 55.1 Å². The first-order chi connectivity index (χ1) is 15.2. The molecule has 12 heteroatoms. The molecule has 32 heavy (non-hydrogen) atoms. The predicted octanol–water partition coefficient (Wildman–Crippen LogP) is 3.52. The third-order valence-corrected chi connectivity index (χ3v) is 7.84. The lowest BCUT2D eigenvalue weighted by molar-refractivity contribution is -0.396. The topological polar surface area (TPSA) is 123 Å². The molecule has 0 amide bonds. The number of benzene rings is 2. The second-order valence-corrected chi connectivity index (χ2v) is 9.89. The predicted molar refractivity (Wildman–Crippen MR) is 124 cm³/mol. The van der Waals surface area contributed by atoms with Gasteiger partial charge in [0.25, 0.3) is 11.4 Å². The monoisotopic (exact) mass is 475 g/mol. The van der Waals surface area contributed by atoms with Crippen LogP contribution in [-0.4, -0.2) is 55.4 Å². The zero-order valence-electron chi connectivity index (χ0n) is 16.7. The lowest BCUT2D eigenvalue weighted by atomic mass is 10.1. The summed E-state index contributed by atoms with van der Waals surface area (Å²) in [7, 11) is -3.22. The van der Waals surface area contributed by atoms with Gasteiger partial charge in [0.2, 0.25) is 0 Å². The van der Waals surface area contributed by atoms with Gasteiger partial charge in [-0.15, -0.1) is 0 Å². The Kier molecular flexibility index (Phi) is 5.71. The molecule has 166 valence electrons. The fraction of sp³-hybridized carbons (Fsp3) is 0.200. The summed E-state index contributed by atoms with van der Waals surface area (Å²) < 4.78 is 15.1. The molecule has 0 aliphatic carbocycles. The summed E-state index contributed by atoms with van der Waals surface area (Å²) in [5.74, 6) is 3.78. The van der Waals surface area contributed by atoms with Crippen molar-refractivity contribution in [1.82, 2.24) is 9.29 Å². The van der Waals surface area contributed by atoms with Crippen molar-refractivity contribution in [3.8, 4) is 0 Å². The van der Waals surface area contributed by atoms with Crippen molar-refractivity contribution in [3.63, 3.8) is 0 Å². The van der Waals surface area contributed by atoms with Gasteiger partial charge >= 0.3 is 0 Å². The molecule has 0 N–H and O–H groups in total. The summed E-state index contributed by atoms with van der Waals surface area (Å²) in [4.78, 5) is 27.3. The first kappa shape index (κ1) is 21.9. The van der Waals surface area contributed by atoms with Crippen LogP contribution in [0.15, 0.2) is 53.6 Å². The molecule has 1 unspecified atom stereocenters. The maximum Gasteiger partial charge on any atom is 0.293 e. The zero-order valence-corrected chi connectivity index (χ0v) is 18.3. The van der Waals surface area contributed by atoms with E-state index in [1.807, 2.05) is 12.1 Å². The molecule has 1 fully saturated rings. The van der Waals surface area contributed by atoms with Crippen LogP contribution in [0.25, 0.3) is 10.9 Å². The quantitative estimate of drug-likeness (QED) is 0.314. The maximum atomic E-state index is 13.5. The molecule has 0 spiro atoms. The van der Waals surface area contributed by atoms with Gasteiger partial charge < -0.3 is 4.90 Å². The van der Waals surface area contributed by atoms with Crippen LogP contribution in [0, 0.1) is 20.2 Å². The number of halogens is 1. The van der Waals surface area contributed by atoms with Gasteiger partial charge in [0.05, 0.1) is 31.1 Å². The molecule has 0 saturated carbocycles. The van der Waals surface area contributed by atoms with E-state index in [1.54, 1.807) is 22.6 Å². The molecule has 1 aliphatic rings. The number of non-ortho nitro benzene ring substituents is 1. The second kappa shape index (κ2) is 8.34. The summed E-state index contributed by atoms with van der Waals surface area (Å²) >= 11 is 6.06. The van der Waals surface area contributed by atoms with Gasteiger partial charge in [0, 0.05) is 54.5 Å². The van der Waals surface area contributed by atoms with Crippen LogP contribution >= 0.6 is 11.6 Å². The Hall–Kier alpha value is -3.28. The van der Waals surface area contributed by atoms with Crippen LogP contribution in [0.3, 0.4) is 0 Å². The largest absolute Gasteiger partial charge is 0.368 e. The van der Waals surface area contributed by atoms with Crippen LogP contribution in [0.5, 0.6) is 0 Å². The molecular weight excluding hydrogens is 458 g/mol. The molecule has 2 heterocycles. The van der Waals surface area contributed by atoms with E-state index in [9.17, 15) is 24.4 Å². The number of nitro groups is 2. The highest BCUT2D eigenvalue weighted by atomic mass is 35.5. The van der Waals surface area contributed by atoms with Crippen LogP contribution in [-0.2, 0) is 9.71 Å². The van der Waals surface area contributed by atoms with Gasteiger partial charge in [-0.1, -0.05) is 11.6 Å². The number of aromatic nitrogens is 1. The number of rotatable bonds is 5. The number of nitrogens with zero attached hydrogens (tertiary/aromatic N) is 5. The maximum absolute atomic E-state index is 13.5. The molecule has 4 rings (SSSR count). The van der Waals surface area contributed by atoms with Crippen LogP contribution in [0.1, 0.15) is 0 Å². The van der Waals surface area contributed by atoms with Crippen molar-refractivity contribution < 1.29 is 14.1 Å². The van der Waals surface area contributed by atoms with Crippen LogP contribution < -0.4 is 4.90 Å². The number of nitro benzene ring substituents is 2. The summed E-state index contributed by atoms with van der Waals surface area (Å²) in [6, 6.07) is 10.5. The fourth-order valence-electron chi connectivity index (χ4n) is 3.78. The highest BCUT2D eigenvalue weighted by molar-refractivity contribution is 7.98. The van der Waals surface area contributed by atoms with E-state index in [0.29, 0.717) is 31.2 Å². The van der Waals surface area contributed by atoms with E-state index in [-0.39, 0.29) is 4.90 Å². The van der Waals surface area contributed by atoms with E-state index < -0.39 is 30.9 Å². The number of hydrogen-bond donors (Lipinski definition) is 0. The fourth-order valence-corrected chi connectivity index (χ4v) is 5.72. The van der Waals surface area contributed by atoms with Crippen LogP contribution in [0.4, 0.5) is 17.1 Å².